The third kappa shape index (κ3) is 4.00. The molecule has 0 saturated carbocycles. The van der Waals surface area contributed by atoms with Gasteiger partial charge in [-0.15, -0.1) is 0 Å². The second-order valence-corrected chi connectivity index (χ2v) is 4.42. The minimum absolute atomic E-state index is 0.0335. The van der Waals surface area contributed by atoms with Crippen LogP contribution in [0.3, 0.4) is 0 Å². The maximum Gasteiger partial charge on any atom is 0.305 e. The Labute approximate surface area is 101 Å². The monoisotopic (exact) mass is 244 g/mol. The largest absolute Gasteiger partial charge is 0.456 e. The van der Waals surface area contributed by atoms with Crippen LogP contribution in [0.5, 0.6) is 0 Å². The highest BCUT2D eigenvalue weighted by atomic mass is 16.7. The molecule has 5 heteroatoms. The maximum atomic E-state index is 11.0. The normalized spacial score (nSPS) is 32.9. The third-order valence-electron chi connectivity index (χ3n) is 2.85. The summed E-state index contributed by atoms with van der Waals surface area (Å²) in [6, 6.07) is 0. The summed E-state index contributed by atoms with van der Waals surface area (Å²) >= 11 is 0. The van der Waals surface area contributed by atoms with E-state index in [-0.39, 0.29) is 12.0 Å². The summed E-state index contributed by atoms with van der Waals surface area (Å²) in [6.45, 7) is 6.70. The fraction of sp³-hybridized carbons (Fsp3) is 0.833. The molecule has 0 aromatic rings. The van der Waals surface area contributed by atoms with Gasteiger partial charge in [0.15, 0.2) is 6.10 Å². The van der Waals surface area contributed by atoms with Crippen LogP contribution < -0.4 is 0 Å². The Bertz CT molecular complexity index is 289. The molecule has 0 radical (unpaired) electrons. The summed E-state index contributed by atoms with van der Waals surface area (Å²) in [4.78, 5) is 22.0. The van der Waals surface area contributed by atoms with Crippen LogP contribution in [-0.4, -0.2) is 30.4 Å². The molecule has 1 rings (SSSR count). The summed E-state index contributed by atoms with van der Waals surface area (Å²) in [5.41, 5.74) is 0. The van der Waals surface area contributed by atoms with E-state index in [1.54, 1.807) is 0 Å². The first-order chi connectivity index (χ1) is 7.93. The van der Waals surface area contributed by atoms with Crippen molar-refractivity contribution in [3.63, 3.8) is 0 Å². The lowest BCUT2D eigenvalue weighted by molar-refractivity contribution is -0.252. The van der Waals surface area contributed by atoms with E-state index < -0.39 is 24.3 Å². The molecule has 1 heterocycles. The number of hydrogen-bond acceptors (Lipinski definition) is 5. The number of esters is 2. The Morgan fingerprint density at radius 2 is 1.82 bits per heavy atom. The van der Waals surface area contributed by atoms with Crippen LogP contribution in [-0.2, 0) is 23.8 Å². The van der Waals surface area contributed by atoms with Gasteiger partial charge in [-0.05, 0) is 18.8 Å². The van der Waals surface area contributed by atoms with Gasteiger partial charge in [0, 0.05) is 13.8 Å². The number of ether oxygens (including phenoxy) is 3. The van der Waals surface area contributed by atoms with Crippen LogP contribution in [0.4, 0.5) is 0 Å². The quantitative estimate of drug-likeness (QED) is 0.706. The summed E-state index contributed by atoms with van der Waals surface area (Å²) in [7, 11) is 0. The predicted octanol–water partition coefficient (Wildman–Crippen LogP) is 1.64. The van der Waals surface area contributed by atoms with Gasteiger partial charge in [0.25, 0.3) is 0 Å². The Morgan fingerprint density at radius 1 is 1.24 bits per heavy atom. The zero-order valence-electron chi connectivity index (χ0n) is 10.8. The van der Waals surface area contributed by atoms with Gasteiger partial charge in [0.05, 0.1) is 6.10 Å². The molecule has 1 aliphatic rings. The number of carbonyl (C=O) groups is 2. The standard InChI is InChI=1S/C12H20O5/c1-5-10-7(2)6-11(15-8(3)13)12(17-10)16-9(4)14/h7,10-12H,5-6H2,1-4H3/t7?,10-,11+,12?/m1/s1. The van der Waals surface area contributed by atoms with Gasteiger partial charge >= 0.3 is 11.9 Å². The number of rotatable bonds is 3. The van der Waals surface area contributed by atoms with Gasteiger partial charge in [-0.1, -0.05) is 13.8 Å². The Balaban J connectivity index is 2.70. The molecular weight excluding hydrogens is 224 g/mol. The number of hydrogen-bond donors (Lipinski definition) is 0. The maximum absolute atomic E-state index is 11.0. The second-order valence-electron chi connectivity index (χ2n) is 4.42. The van der Waals surface area contributed by atoms with Crippen LogP contribution in [0.1, 0.15) is 40.5 Å². The van der Waals surface area contributed by atoms with E-state index in [9.17, 15) is 9.59 Å². The highest BCUT2D eigenvalue weighted by Gasteiger charge is 2.38. The molecule has 0 aliphatic carbocycles. The number of carbonyl (C=O) groups excluding carboxylic acids is 2. The molecule has 1 saturated heterocycles. The minimum Gasteiger partial charge on any atom is -0.456 e. The predicted molar refractivity (Wildman–Crippen MR) is 60.1 cm³/mol. The zero-order valence-corrected chi connectivity index (χ0v) is 10.8. The highest BCUT2D eigenvalue weighted by molar-refractivity contribution is 5.67. The molecular formula is C12H20O5. The molecule has 2 unspecified atom stereocenters. The van der Waals surface area contributed by atoms with Gasteiger partial charge < -0.3 is 14.2 Å². The van der Waals surface area contributed by atoms with Crippen LogP contribution in [0.2, 0.25) is 0 Å². The Hall–Kier alpha value is -1.10. The minimum atomic E-state index is -0.780. The fourth-order valence-electron chi connectivity index (χ4n) is 2.11. The molecule has 0 amide bonds. The summed E-state index contributed by atoms with van der Waals surface area (Å²) in [5.74, 6) is -0.550. The van der Waals surface area contributed by atoms with Crippen molar-refractivity contribution in [3.05, 3.63) is 0 Å². The second kappa shape index (κ2) is 6.00. The summed E-state index contributed by atoms with van der Waals surface area (Å²) in [5, 5.41) is 0. The molecule has 0 aromatic carbocycles. The topological polar surface area (TPSA) is 61.8 Å². The molecule has 5 nitrogen and oxygen atoms in total. The third-order valence-corrected chi connectivity index (χ3v) is 2.85. The first-order valence-corrected chi connectivity index (χ1v) is 5.94. The lowest BCUT2D eigenvalue weighted by atomic mass is 9.92. The average molecular weight is 244 g/mol. The average Bonchev–Trinajstić information content (AvgIpc) is 2.20. The summed E-state index contributed by atoms with van der Waals surface area (Å²) < 4.78 is 15.8. The molecule has 1 fully saturated rings. The SMILES string of the molecule is CC[C@H]1OC(OC(C)=O)[C@@H](OC(C)=O)CC1C. The lowest BCUT2D eigenvalue weighted by Gasteiger charge is -2.38. The highest BCUT2D eigenvalue weighted by Crippen LogP contribution is 2.29. The van der Waals surface area contributed by atoms with E-state index >= 15 is 0 Å². The van der Waals surface area contributed by atoms with E-state index in [1.165, 1.54) is 13.8 Å². The first-order valence-electron chi connectivity index (χ1n) is 5.94. The van der Waals surface area contributed by atoms with Crippen LogP contribution in [0.15, 0.2) is 0 Å². The van der Waals surface area contributed by atoms with Crippen LogP contribution >= 0.6 is 0 Å². The van der Waals surface area contributed by atoms with Crippen molar-refractivity contribution in [1.82, 2.24) is 0 Å². The van der Waals surface area contributed by atoms with E-state index in [0.717, 1.165) is 6.42 Å². The summed E-state index contributed by atoms with van der Waals surface area (Å²) in [6.07, 6.45) is 0.236. The van der Waals surface area contributed by atoms with E-state index in [4.69, 9.17) is 14.2 Å². The first kappa shape index (κ1) is 14.0. The van der Waals surface area contributed by atoms with Gasteiger partial charge in [0.1, 0.15) is 0 Å². The molecule has 17 heavy (non-hydrogen) atoms. The smallest absolute Gasteiger partial charge is 0.305 e. The van der Waals surface area contributed by atoms with Crippen molar-refractivity contribution < 1.29 is 23.8 Å². The molecule has 0 bridgehead atoms. The van der Waals surface area contributed by atoms with E-state index in [0.29, 0.717) is 6.42 Å². The molecule has 4 atom stereocenters. The van der Waals surface area contributed by atoms with Crippen LogP contribution in [0, 0.1) is 5.92 Å². The molecule has 1 aliphatic heterocycles. The van der Waals surface area contributed by atoms with Crippen molar-refractivity contribution in [3.8, 4) is 0 Å². The van der Waals surface area contributed by atoms with Gasteiger partial charge in [-0.25, -0.2) is 0 Å². The van der Waals surface area contributed by atoms with E-state index in [1.807, 2.05) is 13.8 Å². The van der Waals surface area contributed by atoms with Crippen molar-refractivity contribution in [2.45, 2.75) is 59.0 Å². The van der Waals surface area contributed by atoms with Crippen LogP contribution in [0.25, 0.3) is 0 Å². The van der Waals surface area contributed by atoms with E-state index in [2.05, 4.69) is 0 Å². The van der Waals surface area contributed by atoms with Gasteiger partial charge in [0.2, 0.25) is 6.29 Å². The van der Waals surface area contributed by atoms with Gasteiger partial charge in [-0.2, -0.15) is 0 Å². The van der Waals surface area contributed by atoms with Crippen molar-refractivity contribution in [2.75, 3.05) is 0 Å². The Morgan fingerprint density at radius 3 is 2.29 bits per heavy atom. The fourth-order valence-corrected chi connectivity index (χ4v) is 2.11. The zero-order chi connectivity index (χ0) is 13.0. The van der Waals surface area contributed by atoms with Crippen molar-refractivity contribution in [2.24, 2.45) is 5.92 Å². The molecule has 0 spiro atoms. The molecule has 0 aromatic heterocycles. The Kier molecular flexibility index (Phi) is 4.93. The molecule has 98 valence electrons. The van der Waals surface area contributed by atoms with Crippen molar-refractivity contribution in [1.29, 1.82) is 0 Å². The van der Waals surface area contributed by atoms with Gasteiger partial charge in [-0.3, -0.25) is 9.59 Å². The lowest BCUT2D eigenvalue weighted by Crippen LogP contribution is -2.47. The molecule has 0 N–H and O–H groups in total. The van der Waals surface area contributed by atoms with Crippen molar-refractivity contribution >= 4 is 11.9 Å².